The molecule has 1 saturated heterocycles. The molecule has 3 rings (SSSR count). The van der Waals surface area contributed by atoms with Crippen molar-refractivity contribution in [1.29, 1.82) is 0 Å². The fraction of sp³-hybridized carbons (Fsp3) is 0.500. The number of aryl methyl sites for hydroxylation is 1. The Morgan fingerprint density at radius 1 is 1.45 bits per heavy atom. The number of carbonyl (C=O) groups excluding carboxylic acids is 1. The summed E-state index contributed by atoms with van der Waals surface area (Å²) >= 11 is 0. The Balaban J connectivity index is 1.94. The van der Waals surface area contributed by atoms with Gasteiger partial charge < -0.3 is 14.4 Å². The van der Waals surface area contributed by atoms with E-state index in [1.54, 1.807) is 6.26 Å². The highest BCUT2D eigenvalue weighted by atomic mass is 16.3. The van der Waals surface area contributed by atoms with Crippen molar-refractivity contribution >= 4 is 16.9 Å². The summed E-state index contributed by atoms with van der Waals surface area (Å²) in [5.41, 5.74) is 2.59. The first kappa shape index (κ1) is 15.1. The molecule has 2 unspecified atom stereocenters. The average molecular weight is 301 g/mol. The number of rotatable bonds is 3. The number of piperidine rings is 1. The Bertz CT molecular complexity index is 676. The number of nitrogens with zero attached hydrogens (tertiary/aromatic N) is 1. The third-order valence-corrected chi connectivity index (χ3v) is 4.92. The lowest BCUT2D eigenvalue weighted by molar-refractivity contribution is 0.0429. The number of hydrogen-bond donors (Lipinski definition) is 1. The lowest BCUT2D eigenvalue weighted by Crippen LogP contribution is -2.47. The van der Waals surface area contributed by atoms with Gasteiger partial charge >= 0.3 is 0 Å². The molecule has 1 amide bonds. The molecule has 0 bridgehead atoms. The molecule has 1 N–H and O–H groups in total. The molecular formula is C18H23NO3. The fourth-order valence-corrected chi connectivity index (χ4v) is 3.37. The van der Waals surface area contributed by atoms with Gasteiger partial charge in [-0.25, -0.2) is 0 Å². The van der Waals surface area contributed by atoms with Crippen molar-refractivity contribution < 1.29 is 14.3 Å². The summed E-state index contributed by atoms with van der Waals surface area (Å²) in [6.07, 6.45) is 4.42. The molecule has 1 aromatic carbocycles. The van der Waals surface area contributed by atoms with E-state index in [9.17, 15) is 9.90 Å². The van der Waals surface area contributed by atoms with Gasteiger partial charge in [-0.15, -0.1) is 0 Å². The van der Waals surface area contributed by atoms with Crippen LogP contribution in [-0.2, 0) is 6.42 Å². The fourth-order valence-electron chi connectivity index (χ4n) is 3.37. The van der Waals surface area contributed by atoms with Crippen molar-refractivity contribution in [1.82, 2.24) is 4.90 Å². The summed E-state index contributed by atoms with van der Waals surface area (Å²) in [5.74, 6) is 0.180. The first-order valence-electron chi connectivity index (χ1n) is 8.07. The van der Waals surface area contributed by atoms with Crippen LogP contribution >= 0.6 is 0 Å². The van der Waals surface area contributed by atoms with E-state index in [4.69, 9.17) is 4.42 Å². The van der Waals surface area contributed by atoms with Gasteiger partial charge in [0.2, 0.25) is 0 Å². The zero-order valence-corrected chi connectivity index (χ0v) is 13.2. The number of carbonyl (C=O) groups is 1. The van der Waals surface area contributed by atoms with Gasteiger partial charge in [0.05, 0.1) is 5.56 Å². The molecule has 22 heavy (non-hydrogen) atoms. The number of fused-ring (bicyclic) bond motifs is 1. The second-order valence-electron chi connectivity index (χ2n) is 6.16. The van der Waals surface area contributed by atoms with Crippen LogP contribution in [-0.4, -0.2) is 35.1 Å². The quantitative estimate of drug-likeness (QED) is 0.947. The molecule has 1 aliphatic heterocycles. The zero-order valence-electron chi connectivity index (χ0n) is 13.2. The molecule has 2 atom stereocenters. The van der Waals surface area contributed by atoms with Crippen molar-refractivity contribution in [2.24, 2.45) is 5.92 Å². The van der Waals surface area contributed by atoms with Crippen LogP contribution in [0.2, 0.25) is 0 Å². The highest BCUT2D eigenvalue weighted by Crippen LogP contribution is 2.28. The molecule has 0 radical (unpaired) electrons. The minimum atomic E-state index is 0.0117. The molecule has 4 heteroatoms. The van der Waals surface area contributed by atoms with Crippen molar-refractivity contribution in [3.63, 3.8) is 0 Å². The number of likely N-dealkylation sites (tertiary alicyclic amines) is 1. The zero-order chi connectivity index (χ0) is 15.7. The number of amides is 1. The van der Waals surface area contributed by atoms with Gasteiger partial charge in [0.25, 0.3) is 5.91 Å². The molecule has 2 aromatic rings. The first-order valence-corrected chi connectivity index (χ1v) is 8.07. The molecule has 1 aromatic heterocycles. The maximum atomic E-state index is 12.9. The maximum absolute atomic E-state index is 12.9. The second-order valence-corrected chi connectivity index (χ2v) is 6.16. The highest BCUT2D eigenvalue weighted by molar-refractivity contribution is 6.06. The van der Waals surface area contributed by atoms with Crippen LogP contribution in [0.3, 0.4) is 0 Å². The van der Waals surface area contributed by atoms with E-state index in [0.717, 1.165) is 36.8 Å². The standard InChI is InChI=1S/C18H23NO3/c1-3-13-6-7-17-15(9-13)16(11-22-17)18(21)19-8-4-5-14(10-20)12(19)2/h6-7,9,11-12,14,20H,3-5,8,10H2,1-2H3. The first-order chi connectivity index (χ1) is 10.7. The Hall–Kier alpha value is -1.81. The highest BCUT2D eigenvalue weighted by Gasteiger charge is 2.32. The molecule has 4 nitrogen and oxygen atoms in total. The second kappa shape index (κ2) is 6.13. The Morgan fingerprint density at radius 3 is 3.00 bits per heavy atom. The lowest BCUT2D eigenvalue weighted by atomic mass is 9.90. The topological polar surface area (TPSA) is 53.7 Å². The molecular weight excluding hydrogens is 278 g/mol. The number of hydrogen-bond acceptors (Lipinski definition) is 3. The van der Waals surface area contributed by atoms with Crippen molar-refractivity contribution in [2.75, 3.05) is 13.2 Å². The lowest BCUT2D eigenvalue weighted by Gasteiger charge is -2.38. The minimum absolute atomic E-state index is 0.0117. The third kappa shape index (κ3) is 2.52. The van der Waals surface area contributed by atoms with Crippen molar-refractivity contribution in [3.05, 3.63) is 35.6 Å². The van der Waals surface area contributed by atoms with Crippen LogP contribution in [0.4, 0.5) is 0 Å². The Kier molecular flexibility index (Phi) is 4.21. The maximum Gasteiger partial charge on any atom is 0.257 e. The van der Waals surface area contributed by atoms with E-state index in [1.807, 2.05) is 30.0 Å². The van der Waals surface area contributed by atoms with Crippen LogP contribution < -0.4 is 0 Å². The molecule has 2 heterocycles. The van der Waals surface area contributed by atoms with E-state index in [0.29, 0.717) is 5.56 Å². The summed E-state index contributed by atoms with van der Waals surface area (Å²) < 4.78 is 5.55. The number of aliphatic hydroxyl groups is 1. The van der Waals surface area contributed by atoms with E-state index < -0.39 is 0 Å². The summed E-state index contributed by atoms with van der Waals surface area (Å²) in [7, 11) is 0. The van der Waals surface area contributed by atoms with E-state index in [1.165, 1.54) is 5.56 Å². The predicted molar refractivity (Wildman–Crippen MR) is 85.9 cm³/mol. The minimum Gasteiger partial charge on any atom is -0.463 e. The van der Waals surface area contributed by atoms with E-state index in [-0.39, 0.29) is 24.5 Å². The number of benzene rings is 1. The molecule has 0 saturated carbocycles. The van der Waals surface area contributed by atoms with Gasteiger partial charge in [0.15, 0.2) is 0 Å². The number of aliphatic hydroxyl groups excluding tert-OH is 1. The van der Waals surface area contributed by atoms with Gasteiger partial charge in [-0.05, 0) is 43.9 Å². The van der Waals surface area contributed by atoms with Gasteiger partial charge in [-0.3, -0.25) is 4.79 Å². The van der Waals surface area contributed by atoms with Crippen molar-refractivity contribution in [3.8, 4) is 0 Å². The summed E-state index contributed by atoms with van der Waals surface area (Å²) in [4.78, 5) is 14.8. The monoisotopic (exact) mass is 301 g/mol. The molecule has 1 aliphatic rings. The van der Waals surface area contributed by atoms with E-state index >= 15 is 0 Å². The predicted octanol–water partition coefficient (Wildman–Crippen LogP) is 3.23. The van der Waals surface area contributed by atoms with Crippen molar-refractivity contribution in [2.45, 2.75) is 39.2 Å². The summed E-state index contributed by atoms with van der Waals surface area (Å²) in [5, 5.41) is 10.4. The van der Waals surface area contributed by atoms with Crippen LogP contribution in [0.1, 0.15) is 42.6 Å². The van der Waals surface area contributed by atoms with Crippen LogP contribution in [0.25, 0.3) is 11.0 Å². The van der Waals surface area contributed by atoms with Crippen LogP contribution in [0.15, 0.2) is 28.9 Å². The molecule has 1 fully saturated rings. The van der Waals surface area contributed by atoms with Gasteiger partial charge in [0, 0.05) is 30.5 Å². The van der Waals surface area contributed by atoms with Gasteiger partial charge in [-0.1, -0.05) is 13.0 Å². The van der Waals surface area contributed by atoms with Gasteiger partial charge in [-0.2, -0.15) is 0 Å². The van der Waals surface area contributed by atoms with Gasteiger partial charge in [0.1, 0.15) is 11.8 Å². The summed E-state index contributed by atoms with van der Waals surface area (Å²) in [6.45, 7) is 5.01. The molecule has 0 aliphatic carbocycles. The number of furan rings is 1. The summed E-state index contributed by atoms with van der Waals surface area (Å²) in [6, 6.07) is 6.07. The molecule has 0 spiro atoms. The Morgan fingerprint density at radius 2 is 2.27 bits per heavy atom. The third-order valence-electron chi connectivity index (χ3n) is 4.92. The largest absolute Gasteiger partial charge is 0.463 e. The van der Waals surface area contributed by atoms with E-state index in [2.05, 4.69) is 6.92 Å². The SMILES string of the molecule is CCc1ccc2occ(C(=O)N3CCCC(CO)C3C)c2c1. The average Bonchev–Trinajstić information content (AvgIpc) is 2.97. The van der Waals surface area contributed by atoms with Crippen LogP contribution in [0, 0.1) is 5.92 Å². The molecule has 118 valence electrons. The Labute approximate surface area is 130 Å². The smallest absolute Gasteiger partial charge is 0.257 e. The van der Waals surface area contributed by atoms with Crippen LogP contribution in [0.5, 0.6) is 0 Å². The normalized spacial score (nSPS) is 22.2.